The van der Waals surface area contributed by atoms with Crippen molar-refractivity contribution in [1.82, 2.24) is 14.3 Å². The number of rotatable bonds is 3. The maximum atomic E-state index is 12.8. The number of pyridine rings is 1. The van der Waals surface area contributed by atoms with E-state index in [9.17, 15) is 4.79 Å². The Morgan fingerprint density at radius 3 is 2.86 bits per heavy atom. The average Bonchev–Trinajstić information content (AvgIpc) is 2.83. The monoisotopic (exact) mass is 287 g/mol. The summed E-state index contributed by atoms with van der Waals surface area (Å²) in [5.74, 6) is 0.657. The largest absolute Gasteiger partial charge is 0.384 e. The fourth-order valence-corrected chi connectivity index (χ4v) is 3.06. The smallest absolute Gasteiger partial charge is 0.272 e. The fourth-order valence-electron chi connectivity index (χ4n) is 3.06. The van der Waals surface area contributed by atoms with E-state index in [1.54, 1.807) is 7.11 Å². The topological polar surface area (TPSA) is 46.8 Å². The minimum absolute atomic E-state index is 0.0852. The van der Waals surface area contributed by atoms with Crippen LogP contribution >= 0.6 is 0 Å². The molecule has 1 amide bonds. The van der Waals surface area contributed by atoms with Crippen molar-refractivity contribution < 1.29 is 9.53 Å². The highest BCUT2D eigenvalue weighted by molar-refractivity contribution is 5.94. The lowest BCUT2D eigenvalue weighted by molar-refractivity contribution is 0.0606. The van der Waals surface area contributed by atoms with Gasteiger partial charge in [0.15, 0.2) is 0 Å². The Morgan fingerprint density at radius 1 is 1.38 bits per heavy atom. The maximum absolute atomic E-state index is 12.8. The van der Waals surface area contributed by atoms with Gasteiger partial charge in [0, 0.05) is 33.0 Å². The number of hydrogen-bond donors (Lipinski definition) is 0. The summed E-state index contributed by atoms with van der Waals surface area (Å²) in [5.41, 5.74) is 2.31. The van der Waals surface area contributed by atoms with Crippen LogP contribution in [0.4, 0.5) is 0 Å². The van der Waals surface area contributed by atoms with Crippen LogP contribution in [0.15, 0.2) is 24.4 Å². The van der Waals surface area contributed by atoms with Gasteiger partial charge in [0.25, 0.3) is 5.91 Å². The van der Waals surface area contributed by atoms with E-state index < -0.39 is 0 Å². The van der Waals surface area contributed by atoms with Crippen molar-refractivity contribution in [3.05, 3.63) is 35.8 Å². The van der Waals surface area contributed by atoms with E-state index in [1.807, 2.05) is 40.6 Å². The van der Waals surface area contributed by atoms with E-state index in [4.69, 9.17) is 4.74 Å². The predicted octanol–water partition coefficient (Wildman–Crippen LogP) is 2.14. The number of likely N-dealkylation sites (tertiary alicyclic amines) is 1. The van der Waals surface area contributed by atoms with Gasteiger partial charge in [-0.25, -0.2) is 4.98 Å². The molecule has 2 aromatic rings. The van der Waals surface area contributed by atoms with Gasteiger partial charge in [-0.3, -0.25) is 9.20 Å². The summed E-state index contributed by atoms with van der Waals surface area (Å²) in [7, 11) is 1.74. The number of carbonyl (C=O) groups excluding carboxylic acids is 1. The van der Waals surface area contributed by atoms with Crippen molar-refractivity contribution >= 4 is 11.6 Å². The highest BCUT2D eigenvalue weighted by atomic mass is 16.5. The first kappa shape index (κ1) is 14.1. The van der Waals surface area contributed by atoms with Crippen LogP contribution in [0.25, 0.3) is 5.65 Å². The molecule has 112 valence electrons. The second-order valence-electron chi connectivity index (χ2n) is 5.67. The first-order chi connectivity index (χ1) is 10.2. The number of methoxy groups -OCH3 is 1. The molecule has 2 aromatic heterocycles. The number of carbonyl (C=O) groups is 1. The summed E-state index contributed by atoms with van der Waals surface area (Å²) >= 11 is 0. The number of imidazole rings is 1. The summed E-state index contributed by atoms with van der Waals surface area (Å²) < 4.78 is 7.10. The van der Waals surface area contributed by atoms with Gasteiger partial charge in [-0.2, -0.15) is 0 Å². The average molecular weight is 287 g/mol. The molecule has 0 spiro atoms. The van der Waals surface area contributed by atoms with Crippen molar-refractivity contribution in [1.29, 1.82) is 0 Å². The zero-order valence-corrected chi connectivity index (χ0v) is 12.6. The lowest BCUT2D eigenvalue weighted by Gasteiger charge is -2.31. The molecule has 0 aromatic carbocycles. The van der Waals surface area contributed by atoms with E-state index in [1.165, 1.54) is 0 Å². The lowest BCUT2D eigenvalue weighted by Crippen LogP contribution is -2.40. The van der Waals surface area contributed by atoms with Gasteiger partial charge in [0.05, 0.1) is 5.69 Å². The van der Waals surface area contributed by atoms with Gasteiger partial charge in [-0.15, -0.1) is 0 Å². The maximum Gasteiger partial charge on any atom is 0.272 e. The molecule has 0 aliphatic carbocycles. The molecule has 0 unspecified atom stereocenters. The van der Waals surface area contributed by atoms with Crippen molar-refractivity contribution in [2.45, 2.75) is 19.8 Å². The third-order valence-corrected chi connectivity index (χ3v) is 4.21. The van der Waals surface area contributed by atoms with E-state index >= 15 is 0 Å². The van der Waals surface area contributed by atoms with Gasteiger partial charge in [0.1, 0.15) is 11.3 Å². The molecule has 5 nitrogen and oxygen atoms in total. The van der Waals surface area contributed by atoms with Crippen LogP contribution in [0.3, 0.4) is 0 Å². The number of hydrogen-bond acceptors (Lipinski definition) is 3. The summed E-state index contributed by atoms with van der Waals surface area (Å²) in [6, 6.07) is 5.79. The Morgan fingerprint density at radius 2 is 2.14 bits per heavy atom. The normalized spacial score (nSPS) is 16.6. The zero-order chi connectivity index (χ0) is 14.8. The number of amides is 1. The van der Waals surface area contributed by atoms with Crippen LogP contribution in [0, 0.1) is 12.8 Å². The van der Waals surface area contributed by atoms with Gasteiger partial charge in [-0.05, 0) is 37.8 Å². The molecule has 1 saturated heterocycles. The SMILES string of the molecule is COCC1CCN(C(=O)c2c(C)nc3ccccn23)CC1. The Hall–Kier alpha value is -1.88. The molecule has 3 heterocycles. The van der Waals surface area contributed by atoms with Crippen LogP contribution in [0.1, 0.15) is 29.0 Å². The third kappa shape index (κ3) is 2.65. The Bertz CT molecular complexity index is 642. The first-order valence-corrected chi connectivity index (χ1v) is 7.42. The van der Waals surface area contributed by atoms with Crippen molar-refractivity contribution in [2.24, 2.45) is 5.92 Å². The van der Waals surface area contributed by atoms with Crippen LogP contribution in [0.2, 0.25) is 0 Å². The first-order valence-electron chi connectivity index (χ1n) is 7.42. The number of piperidine rings is 1. The van der Waals surface area contributed by atoms with E-state index in [2.05, 4.69) is 4.98 Å². The number of ether oxygens (including phenoxy) is 1. The summed E-state index contributed by atoms with van der Waals surface area (Å²) in [6.07, 6.45) is 3.92. The highest BCUT2D eigenvalue weighted by Gasteiger charge is 2.26. The summed E-state index contributed by atoms with van der Waals surface area (Å²) in [6.45, 7) is 4.29. The van der Waals surface area contributed by atoms with Gasteiger partial charge in [-0.1, -0.05) is 6.07 Å². The zero-order valence-electron chi connectivity index (χ0n) is 12.6. The minimum atomic E-state index is 0.0852. The Balaban J connectivity index is 1.80. The molecule has 0 atom stereocenters. The van der Waals surface area contributed by atoms with E-state index in [0.717, 1.165) is 43.9 Å². The third-order valence-electron chi connectivity index (χ3n) is 4.21. The second kappa shape index (κ2) is 5.85. The predicted molar refractivity (Wildman–Crippen MR) is 80.4 cm³/mol. The van der Waals surface area contributed by atoms with Gasteiger partial charge in [0.2, 0.25) is 0 Å². The van der Waals surface area contributed by atoms with Crippen molar-refractivity contribution in [3.8, 4) is 0 Å². The van der Waals surface area contributed by atoms with Gasteiger partial charge < -0.3 is 9.64 Å². The van der Waals surface area contributed by atoms with Gasteiger partial charge >= 0.3 is 0 Å². The number of fused-ring (bicyclic) bond motifs is 1. The molecule has 1 aliphatic rings. The summed E-state index contributed by atoms with van der Waals surface area (Å²) in [4.78, 5) is 19.2. The fraction of sp³-hybridized carbons (Fsp3) is 0.500. The minimum Gasteiger partial charge on any atom is -0.384 e. The molecular weight excluding hydrogens is 266 g/mol. The highest BCUT2D eigenvalue weighted by Crippen LogP contribution is 2.21. The molecular formula is C16H21N3O2. The van der Waals surface area contributed by atoms with Crippen LogP contribution in [-0.4, -0.2) is 47.0 Å². The van der Waals surface area contributed by atoms with E-state index in [0.29, 0.717) is 11.6 Å². The Kier molecular flexibility index (Phi) is 3.92. The quantitative estimate of drug-likeness (QED) is 0.869. The molecule has 3 rings (SSSR count). The van der Waals surface area contributed by atoms with Crippen molar-refractivity contribution in [3.63, 3.8) is 0 Å². The molecule has 5 heteroatoms. The number of aryl methyl sites for hydroxylation is 1. The molecule has 0 bridgehead atoms. The Labute approximate surface area is 124 Å². The molecule has 21 heavy (non-hydrogen) atoms. The van der Waals surface area contributed by atoms with Crippen LogP contribution < -0.4 is 0 Å². The molecule has 0 N–H and O–H groups in total. The second-order valence-corrected chi connectivity index (χ2v) is 5.67. The molecule has 1 aliphatic heterocycles. The standard InChI is InChI=1S/C16H21N3O2/c1-12-15(19-8-4-3-5-14(19)17-12)16(20)18-9-6-13(7-10-18)11-21-2/h3-5,8,13H,6-7,9-11H2,1-2H3. The van der Waals surface area contributed by atoms with Crippen LogP contribution in [0.5, 0.6) is 0 Å². The molecule has 0 saturated carbocycles. The lowest BCUT2D eigenvalue weighted by atomic mass is 9.97. The number of aromatic nitrogens is 2. The number of nitrogens with zero attached hydrogens (tertiary/aromatic N) is 3. The van der Waals surface area contributed by atoms with E-state index in [-0.39, 0.29) is 5.91 Å². The summed E-state index contributed by atoms with van der Waals surface area (Å²) in [5, 5.41) is 0. The van der Waals surface area contributed by atoms with Crippen molar-refractivity contribution in [2.75, 3.05) is 26.8 Å². The molecule has 0 radical (unpaired) electrons. The van der Waals surface area contributed by atoms with Crippen LogP contribution in [-0.2, 0) is 4.74 Å². The molecule has 1 fully saturated rings.